The van der Waals surface area contributed by atoms with Gasteiger partial charge < -0.3 is 5.32 Å². The highest BCUT2D eigenvalue weighted by Gasteiger charge is 2.08. The van der Waals surface area contributed by atoms with Crippen LogP contribution in [0.3, 0.4) is 0 Å². The van der Waals surface area contributed by atoms with Gasteiger partial charge in [0.2, 0.25) is 0 Å². The quantitative estimate of drug-likeness (QED) is 0.841. The summed E-state index contributed by atoms with van der Waals surface area (Å²) < 4.78 is 0. The van der Waals surface area contributed by atoms with Gasteiger partial charge in [-0.2, -0.15) is 5.26 Å². The molecular weight excluding hydrogens is 208 g/mol. The largest absolute Gasteiger partial charge is 0.317 e. The lowest BCUT2D eigenvalue weighted by Crippen LogP contribution is -2.26. The minimum absolute atomic E-state index is 0.701. The lowest BCUT2D eigenvalue weighted by atomic mass is 9.96. The smallest absolute Gasteiger partial charge is 0.0994 e. The number of rotatable bonds is 2. The minimum Gasteiger partial charge on any atom is -0.317 e. The molecule has 1 heterocycles. The monoisotopic (exact) mass is 226 g/mol. The minimum atomic E-state index is 0.701. The van der Waals surface area contributed by atoms with Gasteiger partial charge in [-0.15, -0.1) is 0 Å². The zero-order valence-corrected chi connectivity index (χ0v) is 10.2. The second-order valence-electron chi connectivity index (χ2n) is 4.63. The lowest BCUT2D eigenvalue weighted by Gasteiger charge is -2.19. The van der Waals surface area contributed by atoms with E-state index < -0.39 is 0 Å². The molecule has 2 rings (SSSR count). The van der Waals surface area contributed by atoms with E-state index in [-0.39, 0.29) is 0 Å². The lowest BCUT2D eigenvalue weighted by molar-refractivity contribution is 0.438. The van der Waals surface area contributed by atoms with E-state index in [0.717, 1.165) is 24.2 Å². The fourth-order valence-corrected chi connectivity index (χ4v) is 2.20. The molecule has 1 aliphatic rings. The number of nitrogens with one attached hydrogen (secondary N) is 1. The van der Waals surface area contributed by atoms with Crippen LogP contribution in [0.1, 0.15) is 29.5 Å². The molecule has 0 aliphatic carbocycles. The average Bonchev–Trinajstić information content (AvgIpc) is 2.38. The molecule has 88 valence electrons. The zero-order chi connectivity index (χ0) is 12.1. The predicted molar refractivity (Wildman–Crippen MR) is 70.5 cm³/mol. The van der Waals surface area contributed by atoms with E-state index in [1.165, 1.54) is 18.4 Å². The van der Waals surface area contributed by atoms with Crippen molar-refractivity contribution in [3.63, 3.8) is 0 Å². The maximum atomic E-state index is 8.87. The molecule has 1 aliphatic heterocycles. The Hall–Kier alpha value is -1.59. The molecule has 0 bridgehead atoms. The van der Waals surface area contributed by atoms with Crippen molar-refractivity contribution < 1.29 is 0 Å². The highest BCUT2D eigenvalue weighted by atomic mass is 14.9. The third-order valence-electron chi connectivity index (χ3n) is 3.32. The first-order valence-corrected chi connectivity index (χ1v) is 6.19. The van der Waals surface area contributed by atoms with Gasteiger partial charge in [-0.3, -0.25) is 0 Å². The van der Waals surface area contributed by atoms with Gasteiger partial charge in [0.1, 0.15) is 0 Å². The zero-order valence-electron chi connectivity index (χ0n) is 10.2. The number of benzene rings is 1. The number of aryl methyl sites for hydroxylation is 1. The summed E-state index contributed by atoms with van der Waals surface area (Å²) in [5.74, 6) is 0.701. The van der Waals surface area contributed by atoms with Gasteiger partial charge in [-0.1, -0.05) is 24.3 Å². The molecule has 0 radical (unpaired) electrons. The molecule has 1 aromatic rings. The van der Waals surface area contributed by atoms with Crippen LogP contribution in [0.15, 0.2) is 24.3 Å². The van der Waals surface area contributed by atoms with Crippen LogP contribution in [0.4, 0.5) is 0 Å². The van der Waals surface area contributed by atoms with E-state index in [2.05, 4.69) is 29.6 Å². The molecular formula is C15H18N2. The Balaban J connectivity index is 2.05. The second-order valence-corrected chi connectivity index (χ2v) is 4.63. The Morgan fingerprint density at radius 2 is 2.12 bits per heavy atom. The Labute approximate surface area is 103 Å². The maximum absolute atomic E-state index is 8.87. The van der Waals surface area contributed by atoms with Crippen molar-refractivity contribution in [3.8, 4) is 6.07 Å². The van der Waals surface area contributed by atoms with Crippen LogP contribution in [0.2, 0.25) is 0 Å². The summed E-state index contributed by atoms with van der Waals surface area (Å²) in [6.45, 7) is 4.24. The molecule has 1 saturated heterocycles. The standard InChI is InChI=1S/C15H18N2/c1-12-10-14(4-5-15(12)11-16)3-2-13-6-8-17-9-7-13/h2-5,10,13,17H,6-9H2,1H3/b3-2+. The molecule has 17 heavy (non-hydrogen) atoms. The number of nitrogens with zero attached hydrogens (tertiary/aromatic N) is 1. The molecule has 0 atom stereocenters. The number of piperidine rings is 1. The van der Waals surface area contributed by atoms with Crippen LogP contribution < -0.4 is 5.32 Å². The normalized spacial score (nSPS) is 17.2. The second kappa shape index (κ2) is 5.65. The van der Waals surface area contributed by atoms with Gasteiger partial charge in [-0.25, -0.2) is 0 Å². The van der Waals surface area contributed by atoms with Crippen molar-refractivity contribution in [3.05, 3.63) is 41.0 Å². The van der Waals surface area contributed by atoms with Crippen LogP contribution in [-0.4, -0.2) is 13.1 Å². The Kier molecular flexibility index (Phi) is 3.95. The van der Waals surface area contributed by atoms with E-state index in [9.17, 15) is 0 Å². The van der Waals surface area contributed by atoms with Crippen LogP contribution in [0, 0.1) is 24.2 Å². The first-order valence-electron chi connectivity index (χ1n) is 6.19. The summed E-state index contributed by atoms with van der Waals surface area (Å²) in [7, 11) is 0. The Bertz CT molecular complexity index is 448. The van der Waals surface area contributed by atoms with Crippen LogP contribution in [-0.2, 0) is 0 Å². The first-order chi connectivity index (χ1) is 8.29. The third kappa shape index (κ3) is 3.18. The first kappa shape index (κ1) is 11.9. The van der Waals surface area contributed by atoms with Crippen molar-refractivity contribution in [1.29, 1.82) is 5.26 Å². The summed E-state index contributed by atoms with van der Waals surface area (Å²) in [5.41, 5.74) is 3.02. The van der Waals surface area contributed by atoms with E-state index in [1.54, 1.807) is 0 Å². The summed E-state index contributed by atoms with van der Waals surface area (Å²) >= 11 is 0. The fraction of sp³-hybridized carbons (Fsp3) is 0.400. The topological polar surface area (TPSA) is 35.8 Å². The molecule has 0 saturated carbocycles. The summed E-state index contributed by atoms with van der Waals surface area (Å²) in [4.78, 5) is 0. The number of allylic oxidation sites excluding steroid dienone is 1. The van der Waals surface area contributed by atoms with E-state index in [0.29, 0.717) is 5.92 Å². The molecule has 2 nitrogen and oxygen atoms in total. The van der Waals surface area contributed by atoms with Crippen molar-refractivity contribution in [1.82, 2.24) is 5.32 Å². The Morgan fingerprint density at radius 1 is 1.35 bits per heavy atom. The number of hydrogen-bond acceptors (Lipinski definition) is 2. The van der Waals surface area contributed by atoms with E-state index >= 15 is 0 Å². The molecule has 1 N–H and O–H groups in total. The predicted octanol–water partition coefficient (Wildman–Crippen LogP) is 2.88. The van der Waals surface area contributed by atoms with Crippen molar-refractivity contribution in [2.45, 2.75) is 19.8 Å². The van der Waals surface area contributed by atoms with Gasteiger partial charge >= 0.3 is 0 Å². The molecule has 0 amide bonds. The fourth-order valence-electron chi connectivity index (χ4n) is 2.20. The highest BCUT2D eigenvalue weighted by molar-refractivity contribution is 5.53. The van der Waals surface area contributed by atoms with E-state index in [4.69, 9.17) is 5.26 Å². The van der Waals surface area contributed by atoms with Crippen LogP contribution >= 0.6 is 0 Å². The van der Waals surface area contributed by atoms with Gasteiger partial charge in [-0.05, 0) is 56.0 Å². The average molecular weight is 226 g/mol. The summed E-state index contributed by atoms with van der Waals surface area (Å²) in [6, 6.07) is 8.19. The maximum Gasteiger partial charge on any atom is 0.0994 e. The van der Waals surface area contributed by atoms with Gasteiger partial charge in [0.15, 0.2) is 0 Å². The summed E-state index contributed by atoms with van der Waals surface area (Å²) in [5, 5.41) is 12.2. The van der Waals surface area contributed by atoms with Crippen molar-refractivity contribution in [2.75, 3.05) is 13.1 Å². The summed E-state index contributed by atoms with van der Waals surface area (Å²) in [6.07, 6.45) is 6.95. The van der Waals surface area contributed by atoms with Gasteiger partial charge in [0.05, 0.1) is 11.6 Å². The SMILES string of the molecule is Cc1cc(/C=C/C2CCNCC2)ccc1C#N. The van der Waals surface area contributed by atoms with Crippen LogP contribution in [0.5, 0.6) is 0 Å². The molecule has 0 spiro atoms. The van der Waals surface area contributed by atoms with Crippen molar-refractivity contribution in [2.24, 2.45) is 5.92 Å². The molecule has 1 aromatic carbocycles. The Morgan fingerprint density at radius 3 is 2.76 bits per heavy atom. The van der Waals surface area contributed by atoms with Gasteiger partial charge in [0, 0.05) is 0 Å². The molecule has 2 heteroatoms. The number of hydrogen-bond donors (Lipinski definition) is 1. The van der Waals surface area contributed by atoms with Crippen molar-refractivity contribution >= 4 is 6.08 Å². The number of nitriles is 1. The molecule has 1 fully saturated rings. The van der Waals surface area contributed by atoms with Gasteiger partial charge in [0.25, 0.3) is 0 Å². The van der Waals surface area contributed by atoms with Crippen LogP contribution in [0.25, 0.3) is 6.08 Å². The molecule has 0 unspecified atom stereocenters. The highest BCUT2D eigenvalue weighted by Crippen LogP contribution is 2.16. The molecule has 0 aromatic heterocycles. The van der Waals surface area contributed by atoms with E-state index in [1.807, 2.05) is 19.1 Å². The third-order valence-corrected chi connectivity index (χ3v) is 3.32.